The van der Waals surface area contributed by atoms with Crippen molar-refractivity contribution in [1.29, 1.82) is 0 Å². The lowest BCUT2D eigenvalue weighted by molar-refractivity contribution is -0.147. The van der Waals surface area contributed by atoms with Gasteiger partial charge in [-0.15, -0.1) is 0 Å². The molecule has 126 valence electrons. The van der Waals surface area contributed by atoms with E-state index in [0.29, 0.717) is 13.2 Å². The minimum Gasteiger partial charge on any atom is -0.455 e. The minimum absolute atomic E-state index is 0.139. The molecule has 0 spiro atoms. The zero-order valence-electron chi connectivity index (χ0n) is 13.7. The first kappa shape index (κ1) is 17.7. The van der Waals surface area contributed by atoms with Crippen LogP contribution in [0.2, 0.25) is 0 Å². The molecule has 0 saturated carbocycles. The maximum Gasteiger partial charge on any atom is 0.310 e. The molecule has 2 aromatic carbocycles. The Kier molecular flexibility index (Phi) is 6.98. The Bertz CT molecular complexity index is 653. The van der Waals surface area contributed by atoms with E-state index in [4.69, 9.17) is 9.47 Å². The van der Waals surface area contributed by atoms with Gasteiger partial charge in [0, 0.05) is 13.7 Å². The number of esters is 1. The molecule has 0 radical (unpaired) electrons. The van der Waals surface area contributed by atoms with E-state index in [1.54, 1.807) is 7.11 Å². The Balaban J connectivity index is 1.79. The van der Waals surface area contributed by atoms with Crippen LogP contribution in [0.1, 0.15) is 5.56 Å². The van der Waals surface area contributed by atoms with Crippen molar-refractivity contribution in [3.8, 4) is 11.1 Å². The Morgan fingerprint density at radius 1 is 0.958 bits per heavy atom. The molecule has 2 aromatic rings. The highest BCUT2D eigenvalue weighted by Crippen LogP contribution is 2.19. The lowest BCUT2D eigenvalue weighted by Gasteiger charge is -2.07. The Morgan fingerprint density at radius 2 is 1.62 bits per heavy atom. The number of amides is 1. The fraction of sp³-hybridized carbons (Fsp3) is 0.263. The first-order valence-corrected chi connectivity index (χ1v) is 7.74. The molecule has 0 heterocycles. The minimum atomic E-state index is -0.427. The summed E-state index contributed by atoms with van der Waals surface area (Å²) in [5.74, 6) is -0.760. The molecule has 0 atom stereocenters. The van der Waals surface area contributed by atoms with Crippen LogP contribution in [-0.2, 0) is 25.5 Å². The van der Waals surface area contributed by atoms with Gasteiger partial charge < -0.3 is 14.8 Å². The largest absolute Gasteiger partial charge is 0.455 e. The molecule has 5 nitrogen and oxygen atoms in total. The van der Waals surface area contributed by atoms with E-state index in [1.807, 2.05) is 54.6 Å². The first-order chi connectivity index (χ1) is 11.7. The van der Waals surface area contributed by atoms with Gasteiger partial charge in [0.25, 0.3) is 5.91 Å². The van der Waals surface area contributed by atoms with Gasteiger partial charge in [0.15, 0.2) is 6.61 Å². The Morgan fingerprint density at radius 3 is 2.29 bits per heavy atom. The van der Waals surface area contributed by atoms with E-state index >= 15 is 0 Å². The molecule has 0 aliphatic carbocycles. The fourth-order valence-corrected chi connectivity index (χ4v) is 2.15. The summed E-state index contributed by atoms with van der Waals surface area (Å²) in [5, 5.41) is 2.59. The molecule has 24 heavy (non-hydrogen) atoms. The van der Waals surface area contributed by atoms with E-state index in [2.05, 4.69) is 5.32 Å². The summed E-state index contributed by atoms with van der Waals surface area (Å²) < 4.78 is 9.78. The molecule has 2 rings (SSSR count). The topological polar surface area (TPSA) is 64.6 Å². The number of nitrogens with one attached hydrogen (secondary N) is 1. The van der Waals surface area contributed by atoms with Gasteiger partial charge in [0.1, 0.15) is 0 Å². The van der Waals surface area contributed by atoms with Gasteiger partial charge in [-0.25, -0.2) is 0 Å². The molecule has 0 aliphatic rings. The molecular formula is C19H21NO4. The van der Waals surface area contributed by atoms with Crippen molar-refractivity contribution < 1.29 is 19.1 Å². The second-order valence-electron chi connectivity index (χ2n) is 5.24. The van der Waals surface area contributed by atoms with Gasteiger partial charge in [-0.05, 0) is 16.7 Å². The molecule has 0 fully saturated rings. The van der Waals surface area contributed by atoms with Crippen LogP contribution in [0.5, 0.6) is 0 Å². The van der Waals surface area contributed by atoms with Crippen LogP contribution in [0.15, 0.2) is 54.6 Å². The summed E-state index contributed by atoms with van der Waals surface area (Å²) in [5.41, 5.74) is 3.06. The van der Waals surface area contributed by atoms with Crippen LogP contribution >= 0.6 is 0 Å². The second-order valence-corrected chi connectivity index (χ2v) is 5.24. The Labute approximate surface area is 141 Å². The first-order valence-electron chi connectivity index (χ1n) is 7.74. The summed E-state index contributed by atoms with van der Waals surface area (Å²) in [6.07, 6.45) is 0.139. The van der Waals surface area contributed by atoms with Gasteiger partial charge in [-0.2, -0.15) is 0 Å². The molecule has 0 aliphatic heterocycles. The van der Waals surface area contributed by atoms with Crippen molar-refractivity contribution in [1.82, 2.24) is 5.32 Å². The molecule has 5 heteroatoms. The van der Waals surface area contributed by atoms with E-state index < -0.39 is 5.97 Å². The van der Waals surface area contributed by atoms with Crippen molar-refractivity contribution >= 4 is 11.9 Å². The van der Waals surface area contributed by atoms with Gasteiger partial charge in [-0.3, -0.25) is 9.59 Å². The zero-order chi connectivity index (χ0) is 17.2. The highest BCUT2D eigenvalue weighted by molar-refractivity contribution is 5.81. The number of carbonyl (C=O) groups is 2. The molecule has 0 saturated heterocycles. The number of hydrogen-bond acceptors (Lipinski definition) is 4. The fourth-order valence-electron chi connectivity index (χ4n) is 2.15. The monoisotopic (exact) mass is 327 g/mol. The highest BCUT2D eigenvalue weighted by Gasteiger charge is 2.08. The van der Waals surface area contributed by atoms with Crippen molar-refractivity contribution in [2.24, 2.45) is 0 Å². The number of benzene rings is 2. The zero-order valence-corrected chi connectivity index (χ0v) is 13.7. The number of methoxy groups -OCH3 is 1. The Hall–Kier alpha value is -2.66. The van der Waals surface area contributed by atoms with Crippen LogP contribution in [0.3, 0.4) is 0 Å². The number of ether oxygens (including phenoxy) is 2. The molecule has 0 aromatic heterocycles. The van der Waals surface area contributed by atoms with Crippen LogP contribution in [0.25, 0.3) is 11.1 Å². The molecule has 1 N–H and O–H groups in total. The quantitative estimate of drug-likeness (QED) is 0.596. The van der Waals surface area contributed by atoms with E-state index in [0.717, 1.165) is 16.7 Å². The van der Waals surface area contributed by atoms with Gasteiger partial charge >= 0.3 is 5.97 Å². The predicted octanol–water partition coefficient (Wildman–Crippen LogP) is 2.20. The van der Waals surface area contributed by atoms with Crippen molar-refractivity contribution in [2.45, 2.75) is 6.42 Å². The summed E-state index contributed by atoms with van der Waals surface area (Å²) in [6, 6.07) is 17.7. The summed E-state index contributed by atoms with van der Waals surface area (Å²) >= 11 is 0. The van der Waals surface area contributed by atoms with Crippen molar-refractivity contribution in [2.75, 3.05) is 26.9 Å². The predicted molar refractivity (Wildman–Crippen MR) is 91.4 cm³/mol. The SMILES string of the molecule is COCCNC(=O)COC(=O)Cc1ccc(-c2ccccc2)cc1. The third-order valence-corrected chi connectivity index (χ3v) is 3.40. The van der Waals surface area contributed by atoms with Gasteiger partial charge in [0.2, 0.25) is 0 Å². The summed E-state index contributed by atoms with van der Waals surface area (Å²) in [4.78, 5) is 23.2. The van der Waals surface area contributed by atoms with Crippen LogP contribution in [0.4, 0.5) is 0 Å². The third-order valence-electron chi connectivity index (χ3n) is 3.40. The maximum atomic E-state index is 11.8. The van der Waals surface area contributed by atoms with Crippen LogP contribution in [-0.4, -0.2) is 38.7 Å². The lowest BCUT2D eigenvalue weighted by Crippen LogP contribution is -2.31. The lowest BCUT2D eigenvalue weighted by atomic mass is 10.0. The van der Waals surface area contributed by atoms with Crippen LogP contribution in [0, 0.1) is 0 Å². The van der Waals surface area contributed by atoms with Crippen molar-refractivity contribution in [3.63, 3.8) is 0 Å². The average Bonchev–Trinajstić information content (AvgIpc) is 2.62. The number of carbonyl (C=O) groups excluding carboxylic acids is 2. The third kappa shape index (κ3) is 5.85. The van der Waals surface area contributed by atoms with E-state index in [-0.39, 0.29) is 18.9 Å². The summed E-state index contributed by atoms with van der Waals surface area (Å²) in [6.45, 7) is 0.548. The van der Waals surface area contributed by atoms with E-state index in [1.165, 1.54) is 0 Å². The normalized spacial score (nSPS) is 10.2. The number of rotatable bonds is 8. The molecule has 1 amide bonds. The standard InChI is InChI=1S/C19H21NO4/c1-23-12-11-20-18(21)14-24-19(22)13-15-7-9-17(10-8-15)16-5-3-2-4-6-16/h2-10H,11-14H2,1H3,(H,20,21). The maximum absolute atomic E-state index is 11.8. The smallest absolute Gasteiger partial charge is 0.310 e. The van der Waals surface area contributed by atoms with Crippen molar-refractivity contribution in [3.05, 3.63) is 60.2 Å². The van der Waals surface area contributed by atoms with Gasteiger partial charge in [0.05, 0.1) is 13.0 Å². The summed E-state index contributed by atoms with van der Waals surface area (Å²) in [7, 11) is 1.55. The molecule has 0 unspecified atom stereocenters. The van der Waals surface area contributed by atoms with Crippen LogP contribution < -0.4 is 5.32 Å². The second kappa shape index (κ2) is 9.47. The number of hydrogen-bond donors (Lipinski definition) is 1. The average molecular weight is 327 g/mol. The van der Waals surface area contributed by atoms with Gasteiger partial charge in [-0.1, -0.05) is 54.6 Å². The highest BCUT2D eigenvalue weighted by atomic mass is 16.5. The van der Waals surface area contributed by atoms with E-state index in [9.17, 15) is 9.59 Å². The molecule has 0 bridgehead atoms. The molecular weight excluding hydrogens is 306 g/mol.